The number of aromatic nitrogens is 1. The van der Waals surface area contributed by atoms with Crippen LogP contribution in [0.5, 0.6) is 5.75 Å². The van der Waals surface area contributed by atoms with Crippen LogP contribution in [0.2, 0.25) is 5.02 Å². The van der Waals surface area contributed by atoms with E-state index in [0.717, 1.165) is 64.4 Å². The summed E-state index contributed by atoms with van der Waals surface area (Å²) in [5.41, 5.74) is 7.30. The van der Waals surface area contributed by atoms with Crippen LogP contribution in [0.15, 0.2) is 53.5 Å². The second kappa shape index (κ2) is 9.96. The number of amides is 1. The number of phenols is 1. The number of hydrogen-bond donors (Lipinski definition) is 2. The van der Waals surface area contributed by atoms with Crippen molar-refractivity contribution in [2.45, 2.75) is 46.5 Å². The van der Waals surface area contributed by atoms with Crippen LogP contribution < -0.4 is 5.32 Å². The third-order valence-corrected chi connectivity index (χ3v) is 8.15. The number of aryl methyl sites for hydroxylation is 3. The Kier molecular flexibility index (Phi) is 6.73. The van der Waals surface area contributed by atoms with E-state index in [1.54, 1.807) is 29.7 Å². The molecule has 1 aliphatic rings. The van der Waals surface area contributed by atoms with Crippen LogP contribution in [-0.4, -0.2) is 21.8 Å². The van der Waals surface area contributed by atoms with Gasteiger partial charge in [-0.25, -0.2) is 0 Å². The molecule has 0 saturated heterocycles. The minimum absolute atomic E-state index is 0.0357. The van der Waals surface area contributed by atoms with E-state index in [2.05, 4.69) is 20.9 Å². The number of nitrogens with one attached hydrogen (secondary N) is 1. The van der Waals surface area contributed by atoms with Crippen molar-refractivity contribution in [3.63, 3.8) is 0 Å². The Balaban J connectivity index is 1.55. The zero-order valence-corrected chi connectivity index (χ0v) is 22.1. The number of hydrogen-bond acceptors (Lipinski definition) is 4. The number of carbonyl (C=O) groups excluding carboxylic acids is 1. The quantitative estimate of drug-likeness (QED) is 0.266. The SMILES string of the molecule is Cc1ccc(NC(=O)c2c(-n3c(C)cc(C=Nc4ccc(Cl)cc4O)c3C)sc3c2CCCC3)cc1. The molecule has 1 aliphatic carbocycles. The number of thiophene rings is 1. The fourth-order valence-electron chi connectivity index (χ4n) is 4.75. The second-order valence-electron chi connectivity index (χ2n) is 9.26. The van der Waals surface area contributed by atoms with Gasteiger partial charge in [0.15, 0.2) is 0 Å². The number of anilines is 1. The van der Waals surface area contributed by atoms with Gasteiger partial charge in [-0.15, -0.1) is 11.3 Å². The summed E-state index contributed by atoms with van der Waals surface area (Å²) in [7, 11) is 0. The van der Waals surface area contributed by atoms with Crippen LogP contribution in [0.1, 0.15) is 56.2 Å². The maximum atomic E-state index is 13.6. The molecule has 0 atom stereocenters. The van der Waals surface area contributed by atoms with Gasteiger partial charge < -0.3 is 15.0 Å². The Morgan fingerprint density at radius 2 is 1.83 bits per heavy atom. The predicted molar refractivity (Wildman–Crippen MR) is 149 cm³/mol. The van der Waals surface area contributed by atoms with Crippen LogP contribution >= 0.6 is 22.9 Å². The maximum Gasteiger partial charge on any atom is 0.258 e. The number of nitrogens with zero attached hydrogens (tertiary/aromatic N) is 2. The second-order valence-corrected chi connectivity index (χ2v) is 10.8. The molecule has 0 radical (unpaired) electrons. The lowest BCUT2D eigenvalue weighted by Crippen LogP contribution is -2.17. The smallest absolute Gasteiger partial charge is 0.258 e. The van der Waals surface area contributed by atoms with Crippen LogP contribution in [0, 0.1) is 20.8 Å². The highest BCUT2D eigenvalue weighted by molar-refractivity contribution is 7.15. The minimum atomic E-state index is -0.0675. The highest BCUT2D eigenvalue weighted by atomic mass is 35.5. The Labute approximate surface area is 220 Å². The normalized spacial score (nSPS) is 13.2. The first kappa shape index (κ1) is 24.3. The average molecular weight is 518 g/mol. The Morgan fingerprint density at radius 3 is 2.58 bits per heavy atom. The van der Waals surface area contributed by atoms with Crippen molar-refractivity contribution in [1.82, 2.24) is 4.57 Å². The van der Waals surface area contributed by atoms with Gasteiger partial charge >= 0.3 is 0 Å². The molecule has 184 valence electrons. The lowest BCUT2D eigenvalue weighted by molar-refractivity contribution is 0.102. The van der Waals surface area contributed by atoms with E-state index in [0.29, 0.717) is 10.7 Å². The van der Waals surface area contributed by atoms with Gasteiger partial charge in [0.25, 0.3) is 5.91 Å². The molecule has 7 heteroatoms. The monoisotopic (exact) mass is 517 g/mol. The summed E-state index contributed by atoms with van der Waals surface area (Å²) in [6.07, 6.45) is 5.93. The number of aliphatic imine (C=N–C) groups is 1. The van der Waals surface area contributed by atoms with Gasteiger partial charge in [0.05, 0.1) is 5.56 Å². The molecule has 0 fully saturated rings. The van der Waals surface area contributed by atoms with Crippen molar-refractivity contribution in [2.24, 2.45) is 4.99 Å². The first-order chi connectivity index (χ1) is 17.3. The van der Waals surface area contributed by atoms with E-state index in [-0.39, 0.29) is 11.7 Å². The van der Waals surface area contributed by atoms with Gasteiger partial charge in [-0.1, -0.05) is 29.3 Å². The van der Waals surface area contributed by atoms with Crippen LogP contribution in [-0.2, 0) is 12.8 Å². The summed E-state index contributed by atoms with van der Waals surface area (Å²) in [4.78, 5) is 19.4. The zero-order chi connectivity index (χ0) is 25.4. The van der Waals surface area contributed by atoms with E-state index < -0.39 is 0 Å². The number of carbonyl (C=O) groups is 1. The number of fused-ring (bicyclic) bond motifs is 1. The lowest BCUT2D eigenvalue weighted by atomic mass is 9.95. The standard InChI is InChI=1S/C29H28ClN3O2S/c1-17-8-11-22(12-9-17)32-28(35)27-23-6-4-5-7-26(23)36-29(27)33-18(2)14-20(19(33)3)16-31-24-13-10-21(30)15-25(24)34/h8-16,34H,4-7H2,1-3H3,(H,32,35). The molecular formula is C29H28ClN3O2S. The third kappa shape index (κ3) is 4.71. The summed E-state index contributed by atoms with van der Waals surface area (Å²) in [6.45, 7) is 6.12. The molecule has 5 rings (SSSR count). The predicted octanol–water partition coefficient (Wildman–Crippen LogP) is 7.70. The number of halogens is 1. The highest BCUT2D eigenvalue weighted by Gasteiger charge is 2.28. The molecule has 2 aromatic heterocycles. The lowest BCUT2D eigenvalue weighted by Gasteiger charge is -2.14. The molecule has 5 nitrogen and oxygen atoms in total. The summed E-state index contributed by atoms with van der Waals surface area (Å²) >= 11 is 7.67. The largest absolute Gasteiger partial charge is 0.506 e. The van der Waals surface area contributed by atoms with E-state index in [1.165, 1.54) is 16.5 Å². The van der Waals surface area contributed by atoms with Gasteiger partial charge in [0.2, 0.25) is 0 Å². The van der Waals surface area contributed by atoms with E-state index in [1.807, 2.05) is 45.0 Å². The molecule has 4 aromatic rings. The van der Waals surface area contributed by atoms with Crippen molar-refractivity contribution >= 4 is 46.4 Å². The molecule has 0 spiro atoms. The average Bonchev–Trinajstić information content (AvgIpc) is 3.36. The first-order valence-electron chi connectivity index (χ1n) is 12.1. The van der Waals surface area contributed by atoms with Crippen molar-refractivity contribution in [2.75, 3.05) is 5.32 Å². The summed E-state index contributed by atoms with van der Waals surface area (Å²) in [5, 5.41) is 14.7. The van der Waals surface area contributed by atoms with E-state index in [4.69, 9.17) is 11.6 Å². The van der Waals surface area contributed by atoms with Crippen LogP contribution in [0.4, 0.5) is 11.4 Å². The fourth-order valence-corrected chi connectivity index (χ4v) is 6.41. The van der Waals surface area contributed by atoms with Gasteiger partial charge in [-0.2, -0.15) is 0 Å². The number of aromatic hydroxyl groups is 1. The Morgan fingerprint density at radius 1 is 1.08 bits per heavy atom. The molecule has 36 heavy (non-hydrogen) atoms. The topological polar surface area (TPSA) is 66.6 Å². The van der Waals surface area contributed by atoms with Crippen LogP contribution in [0.25, 0.3) is 5.00 Å². The molecule has 0 aliphatic heterocycles. The van der Waals surface area contributed by atoms with Gasteiger partial charge in [0, 0.05) is 44.8 Å². The molecule has 2 heterocycles. The fraction of sp³-hybridized carbons (Fsp3) is 0.241. The molecule has 0 saturated carbocycles. The number of benzene rings is 2. The van der Waals surface area contributed by atoms with Gasteiger partial charge in [-0.05, 0) is 82.3 Å². The van der Waals surface area contributed by atoms with Crippen molar-refractivity contribution in [3.8, 4) is 10.8 Å². The van der Waals surface area contributed by atoms with Crippen LogP contribution in [0.3, 0.4) is 0 Å². The molecule has 2 aromatic carbocycles. The van der Waals surface area contributed by atoms with E-state index in [9.17, 15) is 9.90 Å². The molecule has 0 unspecified atom stereocenters. The molecular weight excluding hydrogens is 490 g/mol. The summed E-state index contributed by atoms with van der Waals surface area (Å²) < 4.78 is 2.16. The number of rotatable bonds is 5. The molecule has 0 bridgehead atoms. The van der Waals surface area contributed by atoms with Gasteiger partial charge in [-0.3, -0.25) is 9.79 Å². The number of phenolic OH excluding ortho intramolecular Hbond substituents is 1. The zero-order valence-electron chi connectivity index (χ0n) is 20.6. The minimum Gasteiger partial charge on any atom is -0.506 e. The van der Waals surface area contributed by atoms with Crippen molar-refractivity contribution in [3.05, 3.63) is 92.1 Å². The molecule has 1 amide bonds. The van der Waals surface area contributed by atoms with Gasteiger partial charge in [0.1, 0.15) is 16.4 Å². The first-order valence-corrected chi connectivity index (χ1v) is 13.3. The summed E-state index contributed by atoms with van der Waals surface area (Å²) in [6, 6.07) is 14.8. The Bertz CT molecular complexity index is 1480. The highest BCUT2D eigenvalue weighted by Crippen LogP contribution is 2.39. The maximum absolute atomic E-state index is 13.6. The molecule has 2 N–H and O–H groups in total. The summed E-state index contributed by atoms with van der Waals surface area (Å²) in [5.74, 6) is -0.0318. The third-order valence-electron chi connectivity index (χ3n) is 6.64. The van der Waals surface area contributed by atoms with E-state index >= 15 is 0 Å². The Hall–Kier alpha value is -3.35. The van der Waals surface area contributed by atoms with Crippen molar-refractivity contribution in [1.29, 1.82) is 0 Å². The van der Waals surface area contributed by atoms with Crippen molar-refractivity contribution < 1.29 is 9.90 Å².